The highest BCUT2D eigenvalue weighted by Crippen LogP contribution is 2.17. The third-order valence-corrected chi connectivity index (χ3v) is 2.42. The van der Waals surface area contributed by atoms with Crippen molar-refractivity contribution in [1.82, 2.24) is 9.71 Å². The number of imidazole rings is 1. The number of fused-ring (bicyclic) bond motifs is 1. The zero-order valence-electron chi connectivity index (χ0n) is 8.64. The summed E-state index contributed by atoms with van der Waals surface area (Å²) < 4.78 is 1.11. The highest BCUT2D eigenvalue weighted by atomic mass is 16.5. The highest BCUT2D eigenvalue weighted by Gasteiger charge is 2.09. The summed E-state index contributed by atoms with van der Waals surface area (Å²) in [5.74, 6) is 0.669. The van der Waals surface area contributed by atoms with E-state index in [-0.39, 0.29) is 6.61 Å². The Morgan fingerprint density at radius 2 is 2.20 bits per heavy atom. The van der Waals surface area contributed by atoms with Crippen LogP contribution >= 0.6 is 0 Å². The van der Waals surface area contributed by atoms with Gasteiger partial charge in [0.25, 0.3) is 0 Å². The number of aryl methyl sites for hydroxylation is 1. The summed E-state index contributed by atoms with van der Waals surface area (Å²) >= 11 is 0. The van der Waals surface area contributed by atoms with E-state index in [4.69, 9.17) is 5.11 Å². The first-order chi connectivity index (χ1) is 7.26. The molecule has 0 aliphatic heterocycles. The minimum atomic E-state index is -0.0236. The topological polar surface area (TPSA) is 58.3 Å². The summed E-state index contributed by atoms with van der Waals surface area (Å²) in [6.45, 7) is 2.02. The SMILES string of the molecule is CCCc1nc2ccc(CO)cc2n1O. The molecule has 0 spiro atoms. The molecule has 1 aromatic carbocycles. The number of aliphatic hydroxyl groups excluding tert-OH is 1. The van der Waals surface area contributed by atoms with E-state index in [9.17, 15) is 5.21 Å². The first-order valence-corrected chi connectivity index (χ1v) is 5.06. The van der Waals surface area contributed by atoms with E-state index >= 15 is 0 Å². The Labute approximate surface area is 87.8 Å². The molecule has 0 aliphatic carbocycles. The third-order valence-electron chi connectivity index (χ3n) is 2.42. The molecule has 0 aliphatic rings. The van der Waals surface area contributed by atoms with Crippen molar-refractivity contribution in [2.24, 2.45) is 0 Å². The summed E-state index contributed by atoms with van der Waals surface area (Å²) in [6, 6.07) is 5.37. The Morgan fingerprint density at radius 1 is 1.40 bits per heavy atom. The number of aliphatic hydroxyl groups is 1. The molecule has 2 aromatic rings. The normalized spacial score (nSPS) is 11.1. The molecule has 0 bridgehead atoms. The maximum atomic E-state index is 9.81. The van der Waals surface area contributed by atoms with Crippen LogP contribution in [-0.2, 0) is 13.0 Å². The fourth-order valence-electron chi connectivity index (χ4n) is 1.64. The largest absolute Gasteiger partial charge is 0.427 e. The van der Waals surface area contributed by atoms with E-state index in [2.05, 4.69) is 4.98 Å². The summed E-state index contributed by atoms with van der Waals surface area (Å²) in [5.41, 5.74) is 2.20. The van der Waals surface area contributed by atoms with Crippen LogP contribution in [0, 0.1) is 0 Å². The molecule has 0 unspecified atom stereocenters. The fourth-order valence-corrected chi connectivity index (χ4v) is 1.64. The van der Waals surface area contributed by atoms with Gasteiger partial charge in [0.05, 0.1) is 12.1 Å². The molecule has 15 heavy (non-hydrogen) atoms. The maximum absolute atomic E-state index is 9.81. The van der Waals surface area contributed by atoms with Gasteiger partial charge in [-0.2, -0.15) is 4.73 Å². The van der Waals surface area contributed by atoms with Gasteiger partial charge in [0.1, 0.15) is 11.3 Å². The first kappa shape index (κ1) is 9.98. The van der Waals surface area contributed by atoms with Crippen LogP contribution in [0.3, 0.4) is 0 Å². The van der Waals surface area contributed by atoms with Crippen LogP contribution in [0.1, 0.15) is 24.7 Å². The van der Waals surface area contributed by atoms with Crippen molar-refractivity contribution >= 4 is 11.0 Å². The number of hydrogen-bond donors (Lipinski definition) is 2. The van der Waals surface area contributed by atoms with Crippen LogP contribution in [0.4, 0.5) is 0 Å². The summed E-state index contributed by atoms with van der Waals surface area (Å²) in [4.78, 5) is 4.31. The van der Waals surface area contributed by atoms with Crippen LogP contribution in [0.5, 0.6) is 0 Å². The van der Waals surface area contributed by atoms with E-state index < -0.39 is 0 Å². The smallest absolute Gasteiger partial charge is 0.145 e. The molecule has 4 heteroatoms. The van der Waals surface area contributed by atoms with E-state index in [1.54, 1.807) is 6.07 Å². The Kier molecular flexibility index (Phi) is 2.60. The van der Waals surface area contributed by atoms with Crippen molar-refractivity contribution in [1.29, 1.82) is 0 Å². The van der Waals surface area contributed by atoms with Crippen LogP contribution in [-0.4, -0.2) is 20.0 Å². The lowest BCUT2D eigenvalue weighted by Gasteiger charge is -1.99. The van der Waals surface area contributed by atoms with Crippen molar-refractivity contribution in [3.63, 3.8) is 0 Å². The lowest BCUT2D eigenvalue weighted by atomic mass is 10.2. The van der Waals surface area contributed by atoms with Gasteiger partial charge in [-0.1, -0.05) is 13.0 Å². The standard InChI is InChI=1S/C11H14N2O2/c1-2-3-11-12-9-5-4-8(7-14)6-10(9)13(11)15/h4-6,14-15H,2-3,7H2,1H3. The molecule has 0 saturated carbocycles. The lowest BCUT2D eigenvalue weighted by Crippen LogP contribution is -1.98. The number of aromatic nitrogens is 2. The third kappa shape index (κ3) is 1.68. The molecule has 2 rings (SSSR count). The minimum Gasteiger partial charge on any atom is -0.427 e. The Morgan fingerprint density at radius 3 is 2.87 bits per heavy atom. The van der Waals surface area contributed by atoms with Gasteiger partial charge >= 0.3 is 0 Å². The summed E-state index contributed by atoms with van der Waals surface area (Å²) in [6.07, 6.45) is 1.69. The molecule has 2 N–H and O–H groups in total. The number of benzene rings is 1. The van der Waals surface area contributed by atoms with Crippen molar-refractivity contribution in [2.75, 3.05) is 0 Å². The van der Waals surface area contributed by atoms with Gasteiger partial charge in [-0.25, -0.2) is 4.98 Å². The second-order valence-corrected chi connectivity index (χ2v) is 3.57. The molecular weight excluding hydrogens is 192 g/mol. The zero-order chi connectivity index (χ0) is 10.8. The van der Waals surface area contributed by atoms with Crippen LogP contribution in [0.2, 0.25) is 0 Å². The predicted molar refractivity (Wildman–Crippen MR) is 56.8 cm³/mol. The van der Waals surface area contributed by atoms with Crippen molar-refractivity contribution in [2.45, 2.75) is 26.4 Å². The van der Waals surface area contributed by atoms with E-state index in [1.807, 2.05) is 19.1 Å². The van der Waals surface area contributed by atoms with Gasteiger partial charge < -0.3 is 10.3 Å². The van der Waals surface area contributed by atoms with E-state index in [0.29, 0.717) is 11.3 Å². The van der Waals surface area contributed by atoms with Gasteiger partial charge in [-0.05, 0) is 24.1 Å². The molecule has 0 saturated heterocycles. The minimum absolute atomic E-state index is 0.0236. The van der Waals surface area contributed by atoms with Gasteiger partial charge in [-0.15, -0.1) is 0 Å². The maximum Gasteiger partial charge on any atom is 0.145 e. The second kappa shape index (κ2) is 3.90. The first-order valence-electron chi connectivity index (χ1n) is 5.06. The average Bonchev–Trinajstić information content (AvgIpc) is 2.56. The van der Waals surface area contributed by atoms with Gasteiger partial charge in [-0.3, -0.25) is 0 Å². The Bertz CT molecular complexity index is 477. The number of rotatable bonds is 3. The molecular formula is C11H14N2O2. The van der Waals surface area contributed by atoms with Crippen LogP contribution in [0.25, 0.3) is 11.0 Å². The molecule has 0 atom stereocenters. The number of hydrogen-bond acceptors (Lipinski definition) is 3. The molecule has 1 aromatic heterocycles. The molecule has 4 nitrogen and oxygen atoms in total. The molecule has 0 amide bonds. The quantitative estimate of drug-likeness (QED) is 0.752. The molecule has 80 valence electrons. The summed E-state index contributed by atoms with van der Waals surface area (Å²) in [5, 5.41) is 18.8. The fraction of sp³-hybridized carbons (Fsp3) is 0.364. The predicted octanol–water partition coefficient (Wildman–Crippen LogP) is 1.72. The monoisotopic (exact) mass is 206 g/mol. The Hall–Kier alpha value is -1.55. The van der Waals surface area contributed by atoms with Gasteiger partial charge in [0.15, 0.2) is 0 Å². The molecule has 1 heterocycles. The molecule has 0 fully saturated rings. The van der Waals surface area contributed by atoms with Gasteiger partial charge in [0, 0.05) is 6.42 Å². The summed E-state index contributed by atoms with van der Waals surface area (Å²) in [7, 11) is 0. The highest BCUT2D eigenvalue weighted by molar-refractivity contribution is 5.76. The van der Waals surface area contributed by atoms with Crippen LogP contribution < -0.4 is 0 Å². The lowest BCUT2D eigenvalue weighted by molar-refractivity contribution is 0.187. The van der Waals surface area contributed by atoms with Gasteiger partial charge in [0.2, 0.25) is 0 Å². The second-order valence-electron chi connectivity index (χ2n) is 3.57. The van der Waals surface area contributed by atoms with Crippen LogP contribution in [0.15, 0.2) is 18.2 Å². The number of nitrogens with zero attached hydrogens (tertiary/aromatic N) is 2. The van der Waals surface area contributed by atoms with E-state index in [1.165, 1.54) is 0 Å². The Balaban J connectivity index is 2.56. The zero-order valence-corrected chi connectivity index (χ0v) is 8.64. The average molecular weight is 206 g/mol. The van der Waals surface area contributed by atoms with Crippen molar-refractivity contribution < 1.29 is 10.3 Å². The van der Waals surface area contributed by atoms with Crippen molar-refractivity contribution in [3.8, 4) is 0 Å². The van der Waals surface area contributed by atoms with E-state index in [0.717, 1.165) is 28.7 Å². The van der Waals surface area contributed by atoms with Crippen molar-refractivity contribution in [3.05, 3.63) is 29.6 Å². The molecule has 0 radical (unpaired) electrons.